The molecule has 3 rings (SSSR count). The molecule has 1 aromatic heterocycles. The first-order valence-electron chi connectivity index (χ1n) is 9.00. The Morgan fingerprint density at radius 3 is 2.67 bits per heavy atom. The van der Waals surface area contributed by atoms with Gasteiger partial charge in [-0.25, -0.2) is 13.1 Å². The van der Waals surface area contributed by atoms with Crippen molar-refractivity contribution >= 4 is 21.6 Å². The van der Waals surface area contributed by atoms with E-state index in [1.807, 2.05) is 6.08 Å². The molecule has 0 bridgehead atoms. The maximum atomic E-state index is 13.0. The fourth-order valence-corrected chi connectivity index (χ4v) is 6.00. The number of rotatable bonds is 5. The summed E-state index contributed by atoms with van der Waals surface area (Å²) in [5.74, 6) is 0.864. The molecule has 2 aliphatic carbocycles. The van der Waals surface area contributed by atoms with Gasteiger partial charge in [0.25, 0.3) is 0 Å². The number of sulfonamides is 1. The van der Waals surface area contributed by atoms with Crippen molar-refractivity contribution in [3.8, 4) is 0 Å². The van der Waals surface area contributed by atoms with Crippen LogP contribution in [0.5, 0.6) is 0 Å². The highest BCUT2D eigenvalue weighted by Gasteiger charge is 2.35. The predicted octanol–water partition coefficient (Wildman–Crippen LogP) is 2.37. The molecule has 0 amide bonds. The van der Waals surface area contributed by atoms with Gasteiger partial charge in [0.15, 0.2) is 0 Å². The van der Waals surface area contributed by atoms with Crippen LogP contribution in [0.4, 0.5) is 0 Å². The topological polar surface area (TPSA) is 76.5 Å². The summed E-state index contributed by atoms with van der Waals surface area (Å²) >= 11 is 6.19. The molecule has 0 fully saturated rings. The van der Waals surface area contributed by atoms with Crippen LogP contribution in [-0.4, -0.2) is 56.4 Å². The van der Waals surface area contributed by atoms with E-state index in [0.717, 1.165) is 36.2 Å². The van der Waals surface area contributed by atoms with Gasteiger partial charge in [0.05, 0.1) is 12.8 Å². The lowest BCUT2D eigenvalue weighted by Gasteiger charge is -2.37. The molecule has 0 spiro atoms. The minimum absolute atomic E-state index is 0.0531. The molecule has 0 aliphatic heterocycles. The van der Waals surface area contributed by atoms with Crippen LogP contribution in [0.15, 0.2) is 27.9 Å². The third kappa shape index (κ3) is 3.81. The lowest BCUT2D eigenvalue weighted by molar-refractivity contribution is 0.242. The van der Waals surface area contributed by atoms with E-state index in [9.17, 15) is 8.42 Å². The highest BCUT2D eigenvalue weighted by Crippen LogP contribution is 2.38. The number of aromatic nitrogens is 2. The summed E-state index contributed by atoms with van der Waals surface area (Å²) in [4.78, 5) is 2.26. The highest BCUT2D eigenvalue weighted by atomic mass is 35.5. The predicted molar refractivity (Wildman–Crippen MR) is 105 cm³/mol. The number of aryl methyl sites for hydroxylation is 2. The van der Waals surface area contributed by atoms with Gasteiger partial charge in [-0.05, 0) is 63.9 Å². The molecule has 0 saturated heterocycles. The van der Waals surface area contributed by atoms with Gasteiger partial charge in [-0.1, -0.05) is 11.6 Å². The Morgan fingerprint density at radius 1 is 1.41 bits per heavy atom. The minimum atomic E-state index is -3.78. The summed E-state index contributed by atoms with van der Waals surface area (Å²) in [7, 11) is 3.66. The van der Waals surface area contributed by atoms with Gasteiger partial charge in [0, 0.05) is 19.1 Å². The fraction of sp³-hybridized carbons (Fsp3) is 0.611. The zero-order chi connectivity index (χ0) is 19.9. The molecule has 2 aliphatic rings. The van der Waals surface area contributed by atoms with Crippen molar-refractivity contribution < 1.29 is 13.2 Å². The Labute approximate surface area is 166 Å². The number of methoxy groups -OCH3 is 1. The normalized spacial score (nSPS) is 23.4. The Morgan fingerprint density at radius 2 is 2.11 bits per heavy atom. The van der Waals surface area contributed by atoms with E-state index in [1.165, 1.54) is 4.68 Å². The molecule has 1 unspecified atom stereocenters. The third-order valence-corrected chi connectivity index (χ3v) is 7.61. The van der Waals surface area contributed by atoms with E-state index in [2.05, 4.69) is 28.8 Å². The molecule has 0 aromatic carbocycles. The zero-order valence-electron chi connectivity index (χ0n) is 16.4. The third-order valence-electron chi connectivity index (χ3n) is 5.45. The van der Waals surface area contributed by atoms with E-state index in [-0.39, 0.29) is 16.1 Å². The van der Waals surface area contributed by atoms with Gasteiger partial charge < -0.3 is 9.64 Å². The summed E-state index contributed by atoms with van der Waals surface area (Å²) in [5.41, 5.74) is 2.63. The number of halogens is 1. The van der Waals surface area contributed by atoms with Crippen LogP contribution >= 0.6 is 11.6 Å². The molecule has 1 aromatic rings. The molecular weight excluding hydrogens is 388 g/mol. The minimum Gasteiger partial charge on any atom is -0.497 e. The van der Waals surface area contributed by atoms with E-state index in [1.54, 1.807) is 21.1 Å². The number of hydrogen-bond donors (Lipinski definition) is 1. The smallest absolute Gasteiger partial charge is 0.246 e. The summed E-state index contributed by atoms with van der Waals surface area (Å²) in [6, 6.07) is 0.135. The molecule has 7 nitrogen and oxygen atoms in total. The molecule has 0 radical (unpaired) electrons. The molecule has 150 valence electrons. The second kappa shape index (κ2) is 7.58. The summed E-state index contributed by atoms with van der Waals surface area (Å²) in [5, 5.41) is 4.24. The van der Waals surface area contributed by atoms with Crippen LogP contribution in [0.1, 0.15) is 31.4 Å². The van der Waals surface area contributed by atoms with E-state index in [0.29, 0.717) is 18.2 Å². The summed E-state index contributed by atoms with van der Waals surface area (Å²) in [6.07, 6.45) is 5.22. The first-order valence-corrected chi connectivity index (χ1v) is 10.9. The molecule has 2 atom stereocenters. The fourth-order valence-electron chi connectivity index (χ4n) is 4.00. The maximum Gasteiger partial charge on any atom is 0.246 e. The van der Waals surface area contributed by atoms with Gasteiger partial charge in [-0.3, -0.25) is 4.68 Å². The van der Waals surface area contributed by atoms with Crippen molar-refractivity contribution in [2.45, 2.75) is 49.6 Å². The van der Waals surface area contributed by atoms with Gasteiger partial charge in [-0.2, -0.15) is 5.10 Å². The molecule has 1 N–H and O–H groups in total. The van der Waals surface area contributed by atoms with Gasteiger partial charge in [-0.15, -0.1) is 0 Å². The Balaban J connectivity index is 1.93. The molecule has 9 heteroatoms. The van der Waals surface area contributed by atoms with Crippen LogP contribution in [0.2, 0.25) is 5.15 Å². The van der Waals surface area contributed by atoms with E-state index >= 15 is 0 Å². The average molecular weight is 415 g/mol. The number of ether oxygens (including phenoxy) is 1. The Kier molecular flexibility index (Phi) is 5.72. The largest absolute Gasteiger partial charge is 0.497 e. The maximum absolute atomic E-state index is 13.0. The molecule has 27 heavy (non-hydrogen) atoms. The second-order valence-corrected chi connectivity index (χ2v) is 9.38. The SMILES string of the molecule is COC1=CCC(NS(=O)(=O)c2c(C)nn(C)c2Cl)C2=C1C[C@@H](N(C)C)CC2. The number of nitrogens with one attached hydrogen (secondary N) is 1. The zero-order valence-corrected chi connectivity index (χ0v) is 18.0. The van der Waals surface area contributed by atoms with Crippen LogP contribution in [-0.2, 0) is 21.8 Å². The quantitative estimate of drug-likeness (QED) is 0.800. The molecule has 0 saturated carbocycles. The average Bonchev–Trinajstić information content (AvgIpc) is 2.87. The van der Waals surface area contributed by atoms with Crippen molar-refractivity contribution in [1.29, 1.82) is 0 Å². The summed E-state index contributed by atoms with van der Waals surface area (Å²) < 4.78 is 35.8. The van der Waals surface area contributed by atoms with Crippen molar-refractivity contribution in [3.05, 3.63) is 33.8 Å². The lowest BCUT2D eigenvalue weighted by Crippen LogP contribution is -2.41. The van der Waals surface area contributed by atoms with Crippen molar-refractivity contribution in [2.75, 3.05) is 21.2 Å². The molecule has 1 heterocycles. The second-order valence-electron chi connectivity index (χ2n) is 7.38. The Bertz CT molecular complexity index is 902. The summed E-state index contributed by atoms with van der Waals surface area (Å²) in [6.45, 7) is 1.65. The standard InChI is InChI=1S/C18H27ClN4O3S/c1-11-17(18(19)23(4)20-11)27(24,25)21-15-8-9-16(26-5)14-10-12(22(2)3)6-7-13(14)15/h9,12,15,21H,6-8,10H2,1-5H3/t12-,15?/m0/s1. The Hall–Kier alpha value is -1.35. The van der Waals surface area contributed by atoms with Crippen molar-refractivity contribution in [3.63, 3.8) is 0 Å². The first kappa shape index (κ1) is 20.4. The van der Waals surface area contributed by atoms with Crippen LogP contribution in [0, 0.1) is 6.92 Å². The van der Waals surface area contributed by atoms with Gasteiger partial charge in [0.1, 0.15) is 15.8 Å². The first-order chi connectivity index (χ1) is 12.7. The van der Waals surface area contributed by atoms with E-state index < -0.39 is 10.0 Å². The van der Waals surface area contributed by atoms with Gasteiger partial charge >= 0.3 is 0 Å². The lowest BCUT2D eigenvalue weighted by atomic mass is 9.80. The molecular formula is C18H27ClN4O3S. The van der Waals surface area contributed by atoms with Gasteiger partial charge in [0.2, 0.25) is 10.0 Å². The van der Waals surface area contributed by atoms with Crippen molar-refractivity contribution in [1.82, 2.24) is 19.4 Å². The van der Waals surface area contributed by atoms with Crippen molar-refractivity contribution in [2.24, 2.45) is 7.05 Å². The number of nitrogens with zero attached hydrogens (tertiary/aromatic N) is 3. The monoisotopic (exact) mass is 414 g/mol. The van der Waals surface area contributed by atoms with Crippen LogP contribution in [0.3, 0.4) is 0 Å². The van der Waals surface area contributed by atoms with Crippen LogP contribution < -0.4 is 4.72 Å². The van der Waals surface area contributed by atoms with E-state index in [4.69, 9.17) is 16.3 Å². The number of hydrogen-bond acceptors (Lipinski definition) is 5. The van der Waals surface area contributed by atoms with Crippen LogP contribution in [0.25, 0.3) is 0 Å². The highest BCUT2D eigenvalue weighted by molar-refractivity contribution is 7.89. The number of allylic oxidation sites excluding steroid dienone is 1.